The van der Waals surface area contributed by atoms with Gasteiger partial charge in [-0.05, 0) is 48.4 Å². The highest BCUT2D eigenvalue weighted by Crippen LogP contribution is 2.30. The lowest BCUT2D eigenvalue weighted by molar-refractivity contribution is 0.599. The molecule has 0 heterocycles. The molecule has 0 radical (unpaired) electrons. The van der Waals surface area contributed by atoms with Gasteiger partial charge in [-0.2, -0.15) is 0 Å². The van der Waals surface area contributed by atoms with E-state index in [1.165, 1.54) is 12.1 Å². The largest absolute Gasteiger partial charge is 0.310 e. The van der Waals surface area contributed by atoms with Crippen LogP contribution in [-0.2, 0) is 0 Å². The van der Waals surface area contributed by atoms with Gasteiger partial charge in [-0.25, -0.2) is 4.39 Å². The first-order valence-electron chi connectivity index (χ1n) is 6.40. The Labute approximate surface area is 118 Å². The summed E-state index contributed by atoms with van der Waals surface area (Å²) >= 11 is 5.94. The summed E-state index contributed by atoms with van der Waals surface area (Å²) in [7, 11) is 0. The topological polar surface area (TPSA) is 12.0 Å². The summed E-state index contributed by atoms with van der Waals surface area (Å²) in [4.78, 5) is 0. The van der Waals surface area contributed by atoms with Gasteiger partial charge in [0.05, 0.1) is 0 Å². The molecule has 0 bridgehead atoms. The minimum Gasteiger partial charge on any atom is -0.310 e. The molecule has 0 aliphatic rings. The molecule has 2 rings (SSSR count). The maximum atomic E-state index is 13.5. The van der Waals surface area contributed by atoms with Crippen LogP contribution in [0.25, 0.3) is 11.1 Å². The smallest absolute Gasteiger partial charge is 0.125 e. The lowest BCUT2D eigenvalue weighted by atomic mass is 9.95. The van der Waals surface area contributed by atoms with Crippen LogP contribution in [0.5, 0.6) is 0 Å². The fraction of sp³-hybridized carbons (Fsp3) is 0.250. The molecule has 1 unspecified atom stereocenters. The molecule has 0 saturated heterocycles. The van der Waals surface area contributed by atoms with E-state index in [1.54, 1.807) is 6.07 Å². The summed E-state index contributed by atoms with van der Waals surface area (Å²) in [6, 6.07) is 12.8. The fourth-order valence-corrected chi connectivity index (χ4v) is 2.48. The van der Waals surface area contributed by atoms with Crippen LogP contribution >= 0.6 is 11.6 Å². The van der Waals surface area contributed by atoms with Crippen LogP contribution in [0.3, 0.4) is 0 Å². The van der Waals surface area contributed by atoms with Crippen LogP contribution in [0.1, 0.15) is 25.5 Å². The van der Waals surface area contributed by atoms with Crippen molar-refractivity contribution in [3.05, 3.63) is 58.9 Å². The lowest BCUT2D eigenvalue weighted by Gasteiger charge is -2.17. The van der Waals surface area contributed by atoms with Gasteiger partial charge >= 0.3 is 0 Å². The first-order chi connectivity index (χ1) is 9.11. The molecule has 19 heavy (non-hydrogen) atoms. The molecule has 2 aromatic carbocycles. The minimum atomic E-state index is -0.312. The first kappa shape index (κ1) is 14.0. The molecule has 0 amide bonds. The van der Waals surface area contributed by atoms with Gasteiger partial charge in [0, 0.05) is 11.1 Å². The zero-order valence-electron chi connectivity index (χ0n) is 11.1. The van der Waals surface area contributed by atoms with Crippen LogP contribution in [0, 0.1) is 5.82 Å². The molecule has 100 valence electrons. The third-order valence-electron chi connectivity index (χ3n) is 3.11. The molecule has 1 nitrogen and oxygen atoms in total. The van der Waals surface area contributed by atoms with Crippen molar-refractivity contribution in [2.45, 2.75) is 19.9 Å². The lowest BCUT2D eigenvalue weighted by Crippen LogP contribution is -2.18. The van der Waals surface area contributed by atoms with Crippen LogP contribution in [0.15, 0.2) is 42.5 Å². The second kappa shape index (κ2) is 6.18. The number of rotatable bonds is 4. The molecule has 0 fully saturated rings. The highest BCUT2D eigenvalue weighted by molar-refractivity contribution is 6.30. The predicted octanol–water partition coefficient (Wildman–Crippen LogP) is 4.82. The van der Waals surface area contributed by atoms with Gasteiger partial charge in [0.1, 0.15) is 5.82 Å². The number of nitrogens with one attached hydrogen (secondary N) is 1. The average molecular weight is 278 g/mol. The van der Waals surface area contributed by atoms with Crippen LogP contribution in [0.2, 0.25) is 5.02 Å². The quantitative estimate of drug-likeness (QED) is 0.845. The number of hydrogen-bond donors (Lipinski definition) is 1. The van der Waals surface area contributed by atoms with Crippen molar-refractivity contribution in [2.24, 2.45) is 0 Å². The molecule has 1 N–H and O–H groups in total. The molecule has 0 aliphatic heterocycles. The van der Waals surface area contributed by atoms with Crippen LogP contribution in [0.4, 0.5) is 4.39 Å². The van der Waals surface area contributed by atoms with E-state index >= 15 is 0 Å². The highest BCUT2D eigenvalue weighted by atomic mass is 35.5. The Morgan fingerprint density at radius 3 is 2.63 bits per heavy atom. The average Bonchev–Trinajstić information content (AvgIpc) is 2.38. The van der Waals surface area contributed by atoms with Gasteiger partial charge in [-0.1, -0.05) is 42.8 Å². The summed E-state index contributed by atoms with van der Waals surface area (Å²) in [6.07, 6.45) is 0. The molecule has 1 atom stereocenters. The highest BCUT2D eigenvalue weighted by Gasteiger charge is 2.11. The fourth-order valence-electron chi connectivity index (χ4n) is 2.26. The van der Waals surface area contributed by atoms with E-state index in [4.69, 9.17) is 11.6 Å². The van der Waals surface area contributed by atoms with Crippen molar-refractivity contribution >= 4 is 11.6 Å². The molecule has 2 aromatic rings. The van der Waals surface area contributed by atoms with Crippen molar-refractivity contribution in [3.63, 3.8) is 0 Å². The van der Waals surface area contributed by atoms with Crippen molar-refractivity contribution in [1.82, 2.24) is 5.32 Å². The molecular formula is C16H17ClFN. The molecule has 0 saturated carbocycles. The Balaban J connectivity index is 2.49. The Morgan fingerprint density at radius 1 is 1.21 bits per heavy atom. The van der Waals surface area contributed by atoms with Gasteiger partial charge < -0.3 is 5.32 Å². The molecule has 0 aromatic heterocycles. The minimum absolute atomic E-state index is 0.211. The number of benzene rings is 2. The van der Waals surface area contributed by atoms with Crippen molar-refractivity contribution in [2.75, 3.05) is 6.54 Å². The molecule has 0 aliphatic carbocycles. The van der Waals surface area contributed by atoms with Crippen LogP contribution in [-0.4, -0.2) is 6.54 Å². The second-order valence-electron chi connectivity index (χ2n) is 4.52. The maximum absolute atomic E-state index is 13.5. The normalized spacial score (nSPS) is 12.4. The summed E-state index contributed by atoms with van der Waals surface area (Å²) in [5.41, 5.74) is 2.97. The first-order valence-corrected chi connectivity index (χ1v) is 6.78. The van der Waals surface area contributed by atoms with Gasteiger partial charge in [0.25, 0.3) is 0 Å². The van der Waals surface area contributed by atoms with E-state index in [9.17, 15) is 4.39 Å². The Morgan fingerprint density at radius 2 is 1.95 bits per heavy atom. The van der Waals surface area contributed by atoms with Crippen LogP contribution < -0.4 is 5.32 Å². The van der Waals surface area contributed by atoms with E-state index in [2.05, 4.69) is 25.2 Å². The molecular weight excluding hydrogens is 261 g/mol. The van der Waals surface area contributed by atoms with E-state index in [-0.39, 0.29) is 11.9 Å². The SMILES string of the molecule is CCNC(C)c1ccccc1-c1cc(F)cc(Cl)c1. The summed E-state index contributed by atoms with van der Waals surface area (Å²) in [5, 5.41) is 3.79. The maximum Gasteiger partial charge on any atom is 0.125 e. The predicted molar refractivity (Wildman–Crippen MR) is 78.9 cm³/mol. The zero-order chi connectivity index (χ0) is 13.8. The number of hydrogen-bond acceptors (Lipinski definition) is 1. The second-order valence-corrected chi connectivity index (χ2v) is 4.96. The van der Waals surface area contributed by atoms with Gasteiger partial charge in [0.2, 0.25) is 0 Å². The van der Waals surface area contributed by atoms with Gasteiger partial charge in [0.15, 0.2) is 0 Å². The van der Waals surface area contributed by atoms with Gasteiger partial charge in [-0.3, -0.25) is 0 Å². The summed E-state index contributed by atoms with van der Waals surface area (Å²) in [6.45, 7) is 5.06. The number of halogens is 2. The Hall–Kier alpha value is -1.38. The van der Waals surface area contributed by atoms with Crippen molar-refractivity contribution < 1.29 is 4.39 Å². The third kappa shape index (κ3) is 3.34. The van der Waals surface area contributed by atoms with Crippen molar-refractivity contribution in [3.8, 4) is 11.1 Å². The molecule has 3 heteroatoms. The third-order valence-corrected chi connectivity index (χ3v) is 3.33. The Kier molecular flexibility index (Phi) is 4.56. The van der Waals surface area contributed by atoms with E-state index in [0.717, 1.165) is 23.2 Å². The Bertz CT molecular complexity index is 548. The summed E-state index contributed by atoms with van der Waals surface area (Å²) < 4.78 is 13.5. The molecule has 0 spiro atoms. The van der Waals surface area contributed by atoms with Crippen molar-refractivity contribution in [1.29, 1.82) is 0 Å². The van der Waals surface area contributed by atoms with E-state index < -0.39 is 0 Å². The van der Waals surface area contributed by atoms with Gasteiger partial charge in [-0.15, -0.1) is 0 Å². The summed E-state index contributed by atoms with van der Waals surface area (Å²) in [5.74, 6) is -0.312. The standard InChI is InChI=1S/C16H17ClFN/c1-3-19-11(2)15-6-4-5-7-16(15)12-8-13(17)10-14(18)9-12/h4-11,19H,3H2,1-2H3. The van der Waals surface area contributed by atoms with E-state index in [1.807, 2.05) is 18.2 Å². The zero-order valence-corrected chi connectivity index (χ0v) is 11.8. The monoisotopic (exact) mass is 277 g/mol. The van der Waals surface area contributed by atoms with E-state index in [0.29, 0.717) is 5.02 Å².